The fraction of sp³-hybridized carbons (Fsp3) is 0.188. The second-order valence-corrected chi connectivity index (χ2v) is 6.23. The maximum atomic E-state index is 11.9. The first-order chi connectivity index (χ1) is 10.4. The Morgan fingerprint density at radius 1 is 1.27 bits per heavy atom. The molecule has 4 nitrogen and oxygen atoms in total. The highest BCUT2D eigenvalue weighted by molar-refractivity contribution is 9.10. The number of nitrogen functional groups attached to an aromatic ring is 1. The van der Waals surface area contributed by atoms with E-state index in [0.29, 0.717) is 22.1 Å². The number of rotatable bonds is 4. The number of hydrogen-bond donors (Lipinski definition) is 2. The number of anilines is 2. The van der Waals surface area contributed by atoms with Gasteiger partial charge < -0.3 is 15.8 Å². The zero-order chi connectivity index (χ0) is 16.3. The van der Waals surface area contributed by atoms with Crippen LogP contribution in [-0.4, -0.2) is 12.5 Å². The van der Waals surface area contributed by atoms with E-state index in [-0.39, 0.29) is 12.5 Å². The van der Waals surface area contributed by atoms with Crippen molar-refractivity contribution in [2.75, 3.05) is 17.7 Å². The predicted octanol–water partition coefficient (Wildman–Crippen LogP) is 4.32. The zero-order valence-corrected chi connectivity index (χ0v) is 14.6. The highest BCUT2D eigenvalue weighted by Gasteiger charge is 2.08. The van der Waals surface area contributed by atoms with Gasteiger partial charge in [-0.25, -0.2) is 0 Å². The maximum absolute atomic E-state index is 11.9. The van der Waals surface area contributed by atoms with Gasteiger partial charge in [0.15, 0.2) is 6.61 Å². The van der Waals surface area contributed by atoms with Gasteiger partial charge in [0.1, 0.15) is 5.75 Å². The molecule has 2 rings (SSSR count). The van der Waals surface area contributed by atoms with Gasteiger partial charge in [0.2, 0.25) is 0 Å². The number of halogens is 2. The second kappa shape index (κ2) is 7.03. The number of amides is 1. The third kappa shape index (κ3) is 4.15. The third-order valence-corrected chi connectivity index (χ3v) is 4.16. The van der Waals surface area contributed by atoms with Crippen LogP contribution in [0.5, 0.6) is 5.75 Å². The standard InChI is InChI=1S/C16H16BrClN2O2/c1-9-5-12(6-10(2)16(9)18)22-8-15(21)20-14-4-3-11(17)7-13(14)19/h3-7H,8,19H2,1-2H3,(H,20,21). The molecule has 0 radical (unpaired) electrons. The average Bonchev–Trinajstić information content (AvgIpc) is 2.45. The van der Waals surface area contributed by atoms with Gasteiger partial charge in [-0.05, 0) is 55.3 Å². The predicted molar refractivity (Wildman–Crippen MR) is 93.6 cm³/mol. The average molecular weight is 384 g/mol. The van der Waals surface area contributed by atoms with Crippen LogP contribution in [0.15, 0.2) is 34.8 Å². The third-order valence-electron chi connectivity index (χ3n) is 3.07. The molecule has 0 aliphatic carbocycles. The Morgan fingerprint density at radius 3 is 2.50 bits per heavy atom. The largest absolute Gasteiger partial charge is 0.484 e. The van der Waals surface area contributed by atoms with Gasteiger partial charge in [-0.2, -0.15) is 0 Å². The van der Waals surface area contributed by atoms with Crippen LogP contribution >= 0.6 is 27.5 Å². The molecule has 2 aromatic rings. The maximum Gasteiger partial charge on any atom is 0.262 e. The van der Waals surface area contributed by atoms with Crippen LogP contribution in [0.2, 0.25) is 5.02 Å². The summed E-state index contributed by atoms with van der Waals surface area (Å²) in [5.41, 5.74) is 8.70. The minimum atomic E-state index is -0.278. The van der Waals surface area contributed by atoms with E-state index in [1.165, 1.54) is 0 Å². The molecule has 0 aliphatic rings. The lowest BCUT2D eigenvalue weighted by molar-refractivity contribution is -0.118. The summed E-state index contributed by atoms with van der Waals surface area (Å²) in [6.45, 7) is 3.69. The van der Waals surface area contributed by atoms with Crippen molar-refractivity contribution in [3.05, 3.63) is 51.0 Å². The highest BCUT2D eigenvalue weighted by Crippen LogP contribution is 2.26. The number of aryl methyl sites for hydroxylation is 2. The monoisotopic (exact) mass is 382 g/mol. The number of nitrogens with two attached hydrogens (primary N) is 1. The molecule has 0 saturated heterocycles. The minimum absolute atomic E-state index is 0.101. The summed E-state index contributed by atoms with van der Waals surface area (Å²) in [4.78, 5) is 11.9. The molecule has 0 heterocycles. The lowest BCUT2D eigenvalue weighted by Gasteiger charge is -2.11. The van der Waals surface area contributed by atoms with Crippen LogP contribution in [0, 0.1) is 13.8 Å². The van der Waals surface area contributed by atoms with E-state index in [2.05, 4.69) is 21.2 Å². The van der Waals surface area contributed by atoms with Crippen LogP contribution in [0.25, 0.3) is 0 Å². The Hall–Kier alpha value is -1.72. The van der Waals surface area contributed by atoms with Gasteiger partial charge in [-0.15, -0.1) is 0 Å². The van der Waals surface area contributed by atoms with Crippen LogP contribution < -0.4 is 15.8 Å². The minimum Gasteiger partial charge on any atom is -0.484 e. The van der Waals surface area contributed by atoms with Crippen LogP contribution in [0.4, 0.5) is 11.4 Å². The summed E-state index contributed by atoms with van der Waals surface area (Å²) in [5.74, 6) is 0.331. The molecule has 2 aromatic carbocycles. The van der Waals surface area contributed by atoms with E-state index < -0.39 is 0 Å². The molecule has 116 valence electrons. The fourth-order valence-corrected chi connectivity index (χ4v) is 2.46. The van der Waals surface area contributed by atoms with Crippen molar-refractivity contribution in [2.45, 2.75) is 13.8 Å². The van der Waals surface area contributed by atoms with E-state index >= 15 is 0 Å². The number of benzene rings is 2. The van der Waals surface area contributed by atoms with Crippen molar-refractivity contribution in [1.29, 1.82) is 0 Å². The first-order valence-electron chi connectivity index (χ1n) is 6.61. The Morgan fingerprint density at radius 2 is 1.91 bits per heavy atom. The summed E-state index contributed by atoms with van der Waals surface area (Å²) in [7, 11) is 0. The van der Waals surface area contributed by atoms with Gasteiger partial charge in [-0.1, -0.05) is 27.5 Å². The molecule has 0 unspecified atom stereocenters. The first kappa shape index (κ1) is 16.6. The van der Waals surface area contributed by atoms with Gasteiger partial charge in [0, 0.05) is 9.50 Å². The van der Waals surface area contributed by atoms with Crippen molar-refractivity contribution in [2.24, 2.45) is 0 Å². The molecule has 0 saturated carbocycles. The molecule has 0 aliphatic heterocycles. The molecule has 3 N–H and O–H groups in total. The summed E-state index contributed by atoms with van der Waals surface area (Å²) < 4.78 is 6.35. The van der Waals surface area contributed by atoms with Gasteiger partial charge in [-0.3, -0.25) is 4.79 Å². The van der Waals surface area contributed by atoms with Crippen molar-refractivity contribution < 1.29 is 9.53 Å². The molecule has 0 bridgehead atoms. The Labute approximate surface area is 142 Å². The van der Waals surface area contributed by atoms with Gasteiger partial charge in [0.25, 0.3) is 5.91 Å². The molecule has 0 spiro atoms. The Bertz CT molecular complexity index is 696. The summed E-state index contributed by atoms with van der Waals surface area (Å²) >= 11 is 9.41. The molecule has 0 atom stereocenters. The second-order valence-electron chi connectivity index (χ2n) is 4.94. The molecular weight excluding hydrogens is 368 g/mol. The zero-order valence-electron chi connectivity index (χ0n) is 12.2. The first-order valence-corrected chi connectivity index (χ1v) is 7.78. The van der Waals surface area contributed by atoms with Crippen molar-refractivity contribution >= 4 is 44.8 Å². The van der Waals surface area contributed by atoms with E-state index in [1.54, 1.807) is 30.3 Å². The summed E-state index contributed by atoms with van der Waals surface area (Å²) in [6, 6.07) is 8.86. The van der Waals surface area contributed by atoms with Crippen LogP contribution in [0.3, 0.4) is 0 Å². The van der Waals surface area contributed by atoms with Crippen molar-refractivity contribution in [3.63, 3.8) is 0 Å². The number of carbonyl (C=O) groups excluding carboxylic acids is 1. The molecule has 1 amide bonds. The number of nitrogens with one attached hydrogen (secondary N) is 1. The Balaban J connectivity index is 1.98. The highest BCUT2D eigenvalue weighted by atomic mass is 79.9. The number of hydrogen-bond acceptors (Lipinski definition) is 3. The summed E-state index contributed by atoms with van der Waals surface area (Å²) in [6.07, 6.45) is 0. The number of ether oxygens (including phenoxy) is 1. The Kier molecular flexibility index (Phi) is 5.32. The molecular formula is C16H16BrClN2O2. The summed E-state index contributed by atoms with van der Waals surface area (Å²) in [5, 5.41) is 3.42. The van der Waals surface area contributed by atoms with E-state index in [0.717, 1.165) is 15.6 Å². The quantitative estimate of drug-likeness (QED) is 0.773. The number of carbonyl (C=O) groups is 1. The van der Waals surface area contributed by atoms with Crippen molar-refractivity contribution in [3.8, 4) is 5.75 Å². The molecule has 22 heavy (non-hydrogen) atoms. The fourth-order valence-electron chi connectivity index (χ4n) is 1.97. The topological polar surface area (TPSA) is 64.3 Å². The molecule has 0 aromatic heterocycles. The van der Waals surface area contributed by atoms with Gasteiger partial charge in [0.05, 0.1) is 11.4 Å². The lowest BCUT2D eigenvalue weighted by atomic mass is 10.1. The SMILES string of the molecule is Cc1cc(OCC(=O)Nc2ccc(Br)cc2N)cc(C)c1Cl. The molecule has 6 heteroatoms. The van der Waals surface area contributed by atoms with E-state index in [1.807, 2.05) is 13.8 Å². The normalized spacial score (nSPS) is 10.4. The molecule has 0 fully saturated rings. The smallest absolute Gasteiger partial charge is 0.262 e. The van der Waals surface area contributed by atoms with Crippen LogP contribution in [0.1, 0.15) is 11.1 Å². The van der Waals surface area contributed by atoms with E-state index in [4.69, 9.17) is 22.1 Å². The van der Waals surface area contributed by atoms with E-state index in [9.17, 15) is 4.79 Å². The van der Waals surface area contributed by atoms with Crippen molar-refractivity contribution in [1.82, 2.24) is 0 Å². The lowest BCUT2D eigenvalue weighted by Crippen LogP contribution is -2.20. The van der Waals surface area contributed by atoms with Gasteiger partial charge >= 0.3 is 0 Å². The van der Waals surface area contributed by atoms with Crippen LogP contribution in [-0.2, 0) is 4.79 Å².